The van der Waals surface area contributed by atoms with Gasteiger partial charge in [-0.1, -0.05) is 71.9 Å². The third-order valence-corrected chi connectivity index (χ3v) is 7.40. The monoisotopic (exact) mass is 490 g/mol. The maximum absolute atomic E-state index is 13.7. The first-order valence-electron chi connectivity index (χ1n) is 11.7. The SMILES string of the molecule is Cc1ccc(-n2c(SCc3cc(=O)oc4ccc5ccccc5c34)nc3ccccc3c2=O)c(C)c1. The molecule has 36 heavy (non-hydrogen) atoms. The maximum atomic E-state index is 13.7. The fraction of sp³-hybridized carbons (Fsp3) is 0.100. The van der Waals surface area contributed by atoms with Gasteiger partial charge in [0.15, 0.2) is 5.16 Å². The van der Waals surface area contributed by atoms with Crippen molar-refractivity contribution in [2.75, 3.05) is 0 Å². The van der Waals surface area contributed by atoms with Gasteiger partial charge in [0.25, 0.3) is 5.56 Å². The van der Waals surface area contributed by atoms with Crippen LogP contribution in [-0.2, 0) is 5.75 Å². The van der Waals surface area contributed by atoms with Crippen molar-refractivity contribution in [1.82, 2.24) is 9.55 Å². The van der Waals surface area contributed by atoms with Crippen LogP contribution in [0.2, 0.25) is 0 Å². The predicted octanol–water partition coefficient (Wildman–Crippen LogP) is 6.55. The van der Waals surface area contributed by atoms with Crippen LogP contribution in [-0.4, -0.2) is 9.55 Å². The van der Waals surface area contributed by atoms with Crippen molar-refractivity contribution < 1.29 is 4.42 Å². The van der Waals surface area contributed by atoms with Crippen LogP contribution in [0, 0.1) is 13.8 Å². The molecule has 0 bridgehead atoms. The highest BCUT2D eigenvalue weighted by Crippen LogP contribution is 2.32. The van der Waals surface area contributed by atoms with Gasteiger partial charge in [0.1, 0.15) is 5.58 Å². The third kappa shape index (κ3) is 3.80. The molecule has 2 heterocycles. The molecular weight excluding hydrogens is 468 g/mol. The molecule has 0 saturated carbocycles. The van der Waals surface area contributed by atoms with Crippen molar-refractivity contribution in [2.45, 2.75) is 24.8 Å². The average molecular weight is 491 g/mol. The molecule has 0 spiro atoms. The van der Waals surface area contributed by atoms with Crippen molar-refractivity contribution in [1.29, 1.82) is 0 Å². The van der Waals surface area contributed by atoms with Crippen molar-refractivity contribution in [3.63, 3.8) is 0 Å². The Kier molecular flexibility index (Phi) is 5.46. The number of aryl methyl sites for hydroxylation is 2. The van der Waals surface area contributed by atoms with E-state index in [1.807, 2.05) is 80.6 Å². The summed E-state index contributed by atoms with van der Waals surface area (Å²) >= 11 is 1.44. The molecular formula is C30H22N2O3S. The van der Waals surface area contributed by atoms with E-state index in [9.17, 15) is 9.59 Å². The van der Waals surface area contributed by atoms with Crippen molar-refractivity contribution in [3.8, 4) is 5.69 Å². The molecule has 0 atom stereocenters. The van der Waals surface area contributed by atoms with E-state index in [4.69, 9.17) is 9.40 Å². The summed E-state index contributed by atoms with van der Waals surface area (Å²) in [6, 6.07) is 26.8. The number of nitrogens with zero attached hydrogens (tertiary/aromatic N) is 2. The minimum Gasteiger partial charge on any atom is -0.423 e. The number of thioether (sulfide) groups is 1. The Morgan fingerprint density at radius 2 is 1.64 bits per heavy atom. The van der Waals surface area contributed by atoms with Gasteiger partial charge in [-0.3, -0.25) is 9.36 Å². The standard InChI is InChI=1S/C30H22N2O3S/c1-18-11-13-25(19(2)15-18)32-29(34)23-9-5-6-10-24(23)31-30(32)36-17-21-16-27(33)35-26-14-12-20-7-3-4-8-22(20)28(21)26/h3-16H,17H2,1-2H3. The number of para-hydroxylation sites is 1. The summed E-state index contributed by atoms with van der Waals surface area (Å²) in [5.41, 5.74) is 4.45. The Bertz CT molecular complexity index is 1920. The van der Waals surface area contributed by atoms with Gasteiger partial charge in [-0.15, -0.1) is 0 Å². The van der Waals surface area contributed by atoms with Crippen LogP contribution >= 0.6 is 11.8 Å². The number of benzene rings is 4. The Hall–Kier alpha value is -4.16. The van der Waals surface area contributed by atoms with Crippen LogP contribution < -0.4 is 11.2 Å². The molecule has 6 aromatic rings. The van der Waals surface area contributed by atoms with E-state index in [-0.39, 0.29) is 5.56 Å². The van der Waals surface area contributed by atoms with Crippen LogP contribution in [0.4, 0.5) is 0 Å². The van der Waals surface area contributed by atoms with E-state index in [1.165, 1.54) is 11.8 Å². The average Bonchev–Trinajstić information content (AvgIpc) is 2.88. The molecule has 0 amide bonds. The van der Waals surface area contributed by atoms with Gasteiger partial charge < -0.3 is 4.42 Å². The van der Waals surface area contributed by atoms with Crippen LogP contribution in [0.3, 0.4) is 0 Å². The molecule has 5 nitrogen and oxygen atoms in total. The van der Waals surface area contributed by atoms with Gasteiger partial charge in [-0.2, -0.15) is 0 Å². The van der Waals surface area contributed by atoms with E-state index < -0.39 is 5.63 Å². The Morgan fingerprint density at radius 3 is 2.47 bits per heavy atom. The highest BCUT2D eigenvalue weighted by atomic mass is 32.2. The molecule has 0 fully saturated rings. The third-order valence-electron chi connectivity index (χ3n) is 6.41. The van der Waals surface area contributed by atoms with Gasteiger partial charge in [0.2, 0.25) is 0 Å². The molecule has 6 heteroatoms. The number of rotatable bonds is 4. The zero-order valence-corrected chi connectivity index (χ0v) is 20.6. The molecule has 2 aromatic heterocycles. The van der Waals surface area contributed by atoms with Crippen molar-refractivity contribution >= 4 is 44.4 Å². The summed E-state index contributed by atoms with van der Waals surface area (Å²) in [6.45, 7) is 4.03. The Labute approximate surface area is 211 Å². The number of hydrogen-bond acceptors (Lipinski definition) is 5. The van der Waals surface area contributed by atoms with E-state index >= 15 is 0 Å². The van der Waals surface area contributed by atoms with Gasteiger partial charge in [0, 0.05) is 17.2 Å². The second kappa shape index (κ2) is 8.81. The fourth-order valence-electron chi connectivity index (χ4n) is 4.75. The first kappa shape index (κ1) is 22.3. The van der Waals surface area contributed by atoms with Gasteiger partial charge in [-0.25, -0.2) is 9.78 Å². The van der Waals surface area contributed by atoms with Crippen LogP contribution in [0.5, 0.6) is 0 Å². The molecule has 0 aliphatic rings. The van der Waals surface area contributed by atoms with Crippen molar-refractivity contribution in [3.05, 3.63) is 122 Å². The maximum Gasteiger partial charge on any atom is 0.336 e. The van der Waals surface area contributed by atoms with Gasteiger partial charge in [-0.05, 0) is 60.0 Å². The summed E-state index contributed by atoms with van der Waals surface area (Å²) in [5.74, 6) is 0.450. The quantitative estimate of drug-likeness (QED) is 0.121. The highest BCUT2D eigenvalue weighted by Gasteiger charge is 2.17. The zero-order valence-electron chi connectivity index (χ0n) is 19.8. The molecule has 0 unspecified atom stereocenters. The highest BCUT2D eigenvalue weighted by molar-refractivity contribution is 7.98. The zero-order chi connectivity index (χ0) is 24.8. The molecule has 0 radical (unpaired) electrons. The summed E-state index contributed by atoms with van der Waals surface area (Å²) in [5, 5.41) is 4.14. The van der Waals surface area contributed by atoms with E-state index in [0.717, 1.165) is 38.5 Å². The van der Waals surface area contributed by atoms with Gasteiger partial charge >= 0.3 is 5.63 Å². The van der Waals surface area contributed by atoms with E-state index in [1.54, 1.807) is 16.7 Å². The normalized spacial score (nSPS) is 11.5. The molecule has 0 N–H and O–H groups in total. The van der Waals surface area contributed by atoms with Crippen LogP contribution in [0.25, 0.3) is 38.3 Å². The second-order valence-corrected chi connectivity index (χ2v) is 9.82. The molecule has 6 rings (SSSR count). The van der Waals surface area contributed by atoms with Crippen molar-refractivity contribution in [2.24, 2.45) is 0 Å². The number of fused-ring (bicyclic) bond motifs is 4. The number of aromatic nitrogens is 2. The van der Waals surface area contributed by atoms with Crippen LogP contribution in [0.15, 0.2) is 104 Å². The summed E-state index contributed by atoms with van der Waals surface area (Å²) in [4.78, 5) is 31.0. The lowest BCUT2D eigenvalue weighted by atomic mass is 10.0. The summed E-state index contributed by atoms with van der Waals surface area (Å²) in [6.07, 6.45) is 0. The minimum atomic E-state index is -0.397. The van der Waals surface area contributed by atoms with E-state index in [0.29, 0.717) is 27.4 Å². The topological polar surface area (TPSA) is 65.1 Å². The molecule has 0 aliphatic heterocycles. The first-order chi connectivity index (χ1) is 17.5. The summed E-state index contributed by atoms with van der Waals surface area (Å²) in [7, 11) is 0. The largest absolute Gasteiger partial charge is 0.423 e. The predicted molar refractivity (Wildman–Crippen MR) is 146 cm³/mol. The van der Waals surface area contributed by atoms with Gasteiger partial charge in [0.05, 0.1) is 16.6 Å². The molecule has 0 aliphatic carbocycles. The Morgan fingerprint density at radius 1 is 0.861 bits per heavy atom. The fourth-order valence-corrected chi connectivity index (χ4v) is 5.74. The molecule has 4 aromatic carbocycles. The molecule has 0 saturated heterocycles. The smallest absolute Gasteiger partial charge is 0.336 e. The lowest BCUT2D eigenvalue weighted by Gasteiger charge is -2.16. The van der Waals surface area contributed by atoms with E-state index in [2.05, 4.69) is 6.07 Å². The lowest BCUT2D eigenvalue weighted by Crippen LogP contribution is -2.22. The minimum absolute atomic E-state index is 0.113. The van der Waals surface area contributed by atoms with Crippen LogP contribution in [0.1, 0.15) is 16.7 Å². The molecule has 176 valence electrons. The lowest BCUT2D eigenvalue weighted by molar-refractivity contribution is 0.560. The number of hydrogen-bond donors (Lipinski definition) is 0. The Balaban J connectivity index is 1.54. The first-order valence-corrected chi connectivity index (χ1v) is 12.6. The second-order valence-electron chi connectivity index (χ2n) is 8.88. The summed E-state index contributed by atoms with van der Waals surface area (Å²) < 4.78 is 7.21.